The van der Waals surface area contributed by atoms with E-state index >= 15 is 0 Å². The summed E-state index contributed by atoms with van der Waals surface area (Å²) in [5.41, 5.74) is 2.34. The van der Waals surface area contributed by atoms with E-state index in [0.29, 0.717) is 11.1 Å². The number of hydrogen-bond donors (Lipinski definition) is 0. The third-order valence-electron chi connectivity index (χ3n) is 5.96. The maximum Gasteiger partial charge on any atom is 0.297 e. The Morgan fingerprint density at radius 1 is 1.10 bits per heavy atom. The van der Waals surface area contributed by atoms with Crippen molar-refractivity contribution in [2.24, 2.45) is 0 Å². The van der Waals surface area contributed by atoms with Gasteiger partial charge in [0.15, 0.2) is 0 Å². The van der Waals surface area contributed by atoms with Gasteiger partial charge in [-0.3, -0.25) is 14.2 Å². The fourth-order valence-corrected chi connectivity index (χ4v) is 4.41. The minimum Gasteiger partial charge on any atom is -0.448 e. The molecule has 0 aliphatic carbocycles. The molecule has 5 rings (SSSR count). The van der Waals surface area contributed by atoms with E-state index in [1.54, 1.807) is 0 Å². The molecule has 0 N–H and O–H groups in total. The fourth-order valence-electron chi connectivity index (χ4n) is 4.41. The minimum atomic E-state index is -0.315. The summed E-state index contributed by atoms with van der Waals surface area (Å²) in [5, 5.41) is 0.809. The van der Waals surface area contributed by atoms with Gasteiger partial charge < -0.3 is 9.32 Å². The fraction of sp³-hybridized carbons (Fsp3) is 0.292. The van der Waals surface area contributed by atoms with Crippen LogP contribution in [0.25, 0.3) is 22.1 Å². The second-order valence-corrected chi connectivity index (χ2v) is 7.86. The number of likely N-dealkylation sites (tertiary alicyclic amines) is 1. The van der Waals surface area contributed by atoms with Crippen molar-refractivity contribution in [3.05, 3.63) is 76.8 Å². The Bertz CT molecular complexity index is 1260. The molecule has 1 saturated heterocycles. The Morgan fingerprint density at radius 2 is 1.90 bits per heavy atom. The van der Waals surface area contributed by atoms with Gasteiger partial charge in [-0.1, -0.05) is 42.5 Å². The maximum atomic E-state index is 13.0. The summed E-state index contributed by atoms with van der Waals surface area (Å²) in [6, 6.07) is 18.0. The number of furan rings is 1. The first-order valence-corrected chi connectivity index (χ1v) is 10.4. The van der Waals surface area contributed by atoms with E-state index in [2.05, 4.69) is 17.1 Å². The number of aryl methyl sites for hydroxylation is 1. The Balaban J connectivity index is 1.34. The number of carbonyl (C=O) groups is 1. The topological polar surface area (TPSA) is 68.3 Å². The summed E-state index contributed by atoms with van der Waals surface area (Å²) in [7, 11) is 0. The average Bonchev–Trinajstić information content (AvgIpc) is 3.40. The molecule has 1 atom stereocenters. The molecule has 0 saturated carbocycles. The first-order chi connectivity index (χ1) is 14.7. The summed E-state index contributed by atoms with van der Waals surface area (Å²) >= 11 is 0. The van der Waals surface area contributed by atoms with Gasteiger partial charge in [0.25, 0.3) is 5.56 Å². The first kappa shape index (κ1) is 18.6. The van der Waals surface area contributed by atoms with Crippen LogP contribution in [0.3, 0.4) is 0 Å². The van der Waals surface area contributed by atoms with Crippen LogP contribution in [0.2, 0.25) is 0 Å². The van der Waals surface area contributed by atoms with E-state index in [1.807, 2.05) is 47.4 Å². The number of carbonyl (C=O) groups excluding carboxylic acids is 1. The van der Waals surface area contributed by atoms with Gasteiger partial charge in [0.05, 0.1) is 6.33 Å². The van der Waals surface area contributed by atoms with Crippen molar-refractivity contribution in [2.45, 2.75) is 38.3 Å². The van der Waals surface area contributed by atoms with E-state index in [0.717, 1.165) is 37.6 Å². The summed E-state index contributed by atoms with van der Waals surface area (Å²) in [6.07, 6.45) is 5.35. The van der Waals surface area contributed by atoms with Crippen molar-refractivity contribution >= 4 is 28.0 Å². The molecular weight excluding hydrogens is 378 g/mol. The summed E-state index contributed by atoms with van der Waals surface area (Å²) < 4.78 is 7.08. The highest BCUT2D eigenvalue weighted by atomic mass is 16.3. The van der Waals surface area contributed by atoms with Crippen LogP contribution in [0.5, 0.6) is 0 Å². The molecule has 0 radical (unpaired) electrons. The van der Waals surface area contributed by atoms with Crippen LogP contribution in [0.15, 0.2) is 70.1 Å². The maximum absolute atomic E-state index is 13.0. The number of aromatic nitrogens is 2. The van der Waals surface area contributed by atoms with E-state index in [1.165, 1.54) is 16.5 Å². The molecule has 2 aromatic heterocycles. The lowest BCUT2D eigenvalue weighted by Gasteiger charge is -2.25. The molecule has 30 heavy (non-hydrogen) atoms. The number of para-hydroxylation sites is 1. The van der Waals surface area contributed by atoms with E-state index < -0.39 is 0 Å². The Morgan fingerprint density at radius 3 is 2.77 bits per heavy atom. The number of nitrogens with zero attached hydrogens (tertiary/aromatic N) is 3. The number of benzene rings is 2. The third kappa shape index (κ3) is 3.38. The quantitative estimate of drug-likeness (QED) is 0.511. The zero-order chi connectivity index (χ0) is 20.5. The second kappa shape index (κ2) is 7.78. The Hall–Kier alpha value is -3.41. The van der Waals surface area contributed by atoms with Gasteiger partial charge in [0, 0.05) is 18.0 Å². The number of hydrogen-bond acceptors (Lipinski definition) is 4. The van der Waals surface area contributed by atoms with Crippen LogP contribution in [-0.4, -0.2) is 32.9 Å². The molecule has 6 nitrogen and oxygen atoms in total. The monoisotopic (exact) mass is 401 g/mol. The van der Waals surface area contributed by atoms with Gasteiger partial charge in [-0.2, -0.15) is 0 Å². The molecule has 1 aliphatic rings. The molecule has 6 heteroatoms. The molecular formula is C24H23N3O3. The zero-order valence-corrected chi connectivity index (χ0v) is 16.7. The molecule has 1 amide bonds. The molecule has 1 aliphatic heterocycles. The van der Waals surface area contributed by atoms with Gasteiger partial charge in [-0.15, -0.1) is 0 Å². The highest BCUT2D eigenvalue weighted by Crippen LogP contribution is 2.25. The molecule has 1 unspecified atom stereocenters. The van der Waals surface area contributed by atoms with Crippen molar-refractivity contribution in [1.82, 2.24) is 14.5 Å². The van der Waals surface area contributed by atoms with Crippen LogP contribution in [-0.2, 0) is 17.8 Å². The summed E-state index contributed by atoms with van der Waals surface area (Å²) in [5.74, 6) is -0.0371. The Kier molecular flexibility index (Phi) is 4.83. The lowest BCUT2D eigenvalue weighted by molar-refractivity contribution is -0.132. The summed E-state index contributed by atoms with van der Waals surface area (Å²) in [6.45, 7) is 0.730. The highest BCUT2D eigenvalue weighted by Gasteiger charge is 2.28. The number of rotatable bonds is 5. The van der Waals surface area contributed by atoms with Crippen LogP contribution >= 0.6 is 0 Å². The van der Waals surface area contributed by atoms with Gasteiger partial charge in [0.1, 0.15) is 17.6 Å². The standard InChI is InChI=1S/C24H23N3O3/c28-21(27-14-6-9-18(27)13-12-17-7-2-1-3-8-17)15-26-16-25-22-19-10-4-5-11-20(19)30-23(22)24(26)29/h1-5,7-8,10-11,16,18H,6,9,12-15H2. The Labute approximate surface area is 173 Å². The van der Waals surface area contributed by atoms with Gasteiger partial charge in [-0.25, -0.2) is 4.98 Å². The molecule has 0 spiro atoms. The van der Waals surface area contributed by atoms with Crippen molar-refractivity contribution in [1.29, 1.82) is 0 Å². The van der Waals surface area contributed by atoms with Crippen LogP contribution in [0, 0.1) is 0 Å². The van der Waals surface area contributed by atoms with E-state index in [9.17, 15) is 9.59 Å². The van der Waals surface area contributed by atoms with Crippen molar-refractivity contribution in [3.8, 4) is 0 Å². The average molecular weight is 401 g/mol. The highest BCUT2D eigenvalue weighted by molar-refractivity contribution is 6.01. The van der Waals surface area contributed by atoms with E-state index in [-0.39, 0.29) is 29.6 Å². The smallest absolute Gasteiger partial charge is 0.297 e. The van der Waals surface area contributed by atoms with Crippen LogP contribution < -0.4 is 5.56 Å². The lowest BCUT2D eigenvalue weighted by atomic mass is 10.0. The third-order valence-corrected chi connectivity index (χ3v) is 5.96. The second-order valence-electron chi connectivity index (χ2n) is 7.86. The van der Waals surface area contributed by atoms with Gasteiger partial charge in [-0.05, 0) is 43.4 Å². The first-order valence-electron chi connectivity index (χ1n) is 10.4. The lowest BCUT2D eigenvalue weighted by Crippen LogP contribution is -2.39. The molecule has 4 aromatic rings. The van der Waals surface area contributed by atoms with Gasteiger partial charge >= 0.3 is 0 Å². The SMILES string of the molecule is O=C(Cn1cnc2c(oc3ccccc32)c1=O)N1CCCC1CCc1ccccc1. The van der Waals surface area contributed by atoms with Crippen LogP contribution in [0.1, 0.15) is 24.8 Å². The predicted molar refractivity (Wildman–Crippen MR) is 115 cm³/mol. The largest absolute Gasteiger partial charge is 0.448 e. The zero-order valence-electron chi connectivity index (χ0n) is 16.7. The molecule has 152 valence electrons. The predicted octanol–water partition coefficient (Wildman–Crippen LogP) is 3.77. The minimum absolute atomic E-state index is 0.0132. The van der Waals surface area contributed by atoms with Crippen molar-refractivity contribution in [2.75, 3.05) is 6.54 Å². The normalized spacial score (nSPS) is 16.5. The van der Waals surface area contributed by atoms with Crippen molar-refractivity contribution < 1.29 is 9.21 Å². The summed E-state index contributed by atoms with van der Waals surface area (Å²) in [4.78, 5) is 32.2. The number of fused-ring (bicyclic) bond motifs is 3. The molecule has 3 heterocycles. The van der Waals surface area contributed by atoms with Gasteiger partial charge in [0.2, 0.25) is 11.5 Å². The molecule has 0 bridgehead atoms. The molecule has 1 fully saturated rings. The van der Waals surface area contributed by atoms with Crippen molar-refractivity contribution in [3.63, 3.8) is 0 Å². The molecule has 2 aromatic carbocycles. The van der Waals surface area contributed by atoms with E-state index in [4.69, 9.17) is 4.42 Å². The number of amides is 1. The van der Waals surface area contributed by atoms with Crippen LogP contribution in [0.4, 0.5) is 0 Å².